The summed E-state index contributed by atoms with van der Waals surface area (Å²) in [6, 6.07) is 23.1. The van der Waals surface area contributed by atoms with Gasteiger partial charge in [-0.3, -0.25) is 9.59 Å². The molecule has 0 aliphatic carbocycles. The number of rotatable bonds is 3. The van der Waals surface area contributed by atoms with E-state index in [1.807, 2.05) is 86.6 Å². The summed E-state index contributed by atoms with van der Waals surface area (Å²) < 4.78 is 0. The van der Waals surface area contributed by atoms with Gasteiger partial charge >= 0.3 is 0 Å². The van der Waals surface area contributed by atoms with Crippen LogP contribution in [0.2, 0.25) is 0 Å². The van der Waals surface area contributed by atoms with Crippen LogP contribution in [0.4, 0.5) is 0 Å². The van der Waals surface area contributed by atoms with Crippen LogP contribution in [0.25, 0.3) is 21.5 Å². The number of fused-ring (bicyclic) bond motifs is 2. The fourth-order valence-corrected chi connectivity index (χ4v) is 3.59. The van der Waals surface area contributed by atoms with Gasteiger partial charge in [-0.05, 0) is 46.5 Å². The van der Waals surface area contributed by atoms with E-state index in [0.29, 0.717) is 11.1 Å². The molecule has 0 bridgehead atoms. The highest BCUT2D eigenvalue weighted by molar-refractivity contribution is 6.52. The van der Waals surface area contributed by atoms with Crippen LogP contribution in [-0.2, 0) is 0 Å². The maximum atomic E-state index is 13.2. The predicted molar refractivity (Wildman–Crippen MR) is 106 cm³/mol. The van der Waals surface area contributed by atoms with E-state index in [-0.39, 0.29) is 0 Å². The number of hydrogen-bond donors (Lipinski definition) is 0. The summed E-state index contributed by atoms with van der Waals surface area (Å²) in [5.41, 5.74) is 2.64. The van der Waals surface area contributed by atoms with Crippen molar-refractivity contribution < 1.29 is 9.59 Å². The Morgan fingerprint density at radius 2 is 0.923 bits per heavy atom. The van der Waals surface area contributed by atoms with Gasteiger partial charge in [-0.1, -0.05) is 72.8 Å². The van der Waals surface area contributed by atoms with Gasteiger partial charge in [0.1, 0.15) is 0 Å². The Morgan fingerprint density at radius 3 is 1.35 bits per heavy atom. The Bertz CT molecular complexity index is 1090. The molecule has 0 fully saturated rings. The lowest BCUT2D eigenvalue weighted by Crippen LogP contribution is -2.17. The molecule has 0 aliphatic rings. The average molecular weight is 338 g/mol. The van der Waals surface area contributed by atoms with Crippen LogP contribution >= 0.6 is 0 Å². The zero-order chi connectivity index (χ0) is 18.3. The fourth-order valence-electron chi connectivity index (χ4n) is 3.59. The Hall–Kier alpha value is -3.26. The lowest BCUT2D eigenvalue weighted by molar-refractivity contribution is 0.0818. The third-order valence-electron chi connectivity index (χ3n) is 4.94. The van der Waals surface area contributed by atoms with E-state index in [1.54, 1.807) is 0 Å². The number of carbonyl (C=O) groups excluding carboxylic acids is 2. The second-order valence-electron chi connectivity index (χ2n) is 6.62. The lowest BCUT2D eigenvalue weighted by Gasteiger charge is -2.12. The van der Waals surface area contributed by atoms with Gasteiger partial charge in [0.05, 0.1) is 0 Å². The summed E-state index contributed by atoms with van der Waals surface area (Å²) in [5, 5.41) is 3.57. The third-order valence-corrected chi connectivity index (χ3v) is 4.94. The Kier molecular flexibility index (Phi) is 3.89. The van der Waals surface area contributed by atoms with Crippen molar-refractivity contribution in [3.63, 3.8) is 0 Å². The van der Waals surface area contributed by atoms with Crippen molar-refractivity contribution in [1.29, 1.82) is 0 Å². The minimum absolute atomic E-state index is 0.446. The maximum absolute atomic E-state index is 13.2. The topological polar surface area (TPSA) is 34.1 Å². The van der Waals surface area contributed by atoms with E-state index in [2.05, 4.69) is 0 Å². The summed E-state index contributed by atoms with van der Waals surface area (Å²) in [4.78, 5) is 26.5. The Morgan fingerprint density at radius 1 is 0.538 bits per heavy atom. The zero-order valence-electron chi connectivity index (χ0n) is 14.7. The van der Waals surface area contributed by atoms with Crippen molar-refractivity contribution in [1.82, 2.24) is 0 Å². The van der Waals surface area contributed by atoms with E-state index in [0.717, 1.165) is 32.7 Å². The molecule has 0 spiro atoms. The summed E-state index contributed by atoms with van der Waals surface area (Å²) in [6.45, 7) is 3.76. The molecule has 0 unspecified atom stereocenters. The number of hydrogen-bond acceptors (Lipinski definition) is 2. The first-order valence-corrected chi connectivity index (χ1v) is 8.63. The van der Waals surface area contributed by atoms with Crippen LogP contribution in [0, 0.1) is 13.8 Å². The third kappa shape index (κ3) is 2.51. The molecule has 26 heavy (non-hydrogen) atoms. The molecule has 0 saturated carbocycles. The van der Waals surface area contributed by atoms with Gasteiger partial charge in [-0.15, -0.1) is 0 Å². The molecule has 0 N–H and O–H groups in total. The number of aryl methyl sites for hydroxylation is 2. The van der Waals surface area contributed by atoms with Crippen LogP contribution in [0.3, 0.4) is 0 Å². The molecule has 2 nitrogen and oxygen atoms in total. The standard InChI is InChI=1S/C24H18O2/c1-15-11-13-17-7-3-5-9-19(17)21(15)23(25)24(26)22-16(2)12-14-18-8-4-6-10-20(18)22/h3-14H,1-2H3. The van der Waals surface area contributed by atoms with Gasteiger partial charge in [0.2, 0.25) is 11.6 Å². The van der Waals surface area contributed by atoms with E-state index in [1.165, 1.54) is 0 Å². The van der Waals surface area contributed by atoms with E-state index in [4.69, 9.17) is 0 Å². The Balaban J connectivity index is 1.93. The smallest absolute Gasteiger partial charge is 0.234 e. The van der Waals surface area contributed by atoms with Crippen LogP contribution < -0.4 is 0 Å². The van der Waals surface area contributed by atoms with Crippen molar-refractivity contribution in [2.45, 2.75) is 13.8 Å². The highest BCUT2D eigenvalue weighted by Gasteiger charge is 2.25. The maximum Gasteiger partial charge on any atom is 0.234 e. The minimum Gasteiger partial charge on any atom is -0.285 e. The van der Waals surface area contributed by atoms with Gasteiger partial charge in [-0.2, -0.15) is 0 Å². The highest BCUT2D eigenvalue weighted by atomic mass is 16.2. The number of Topliss-reactive ketones (excluding diaryl/α,β-unsaturated/α-hetero) is 2. The summed E-state index contributed by atoms with van der Waals surface area (Å²) >= 11 is 0. The summed E-state index contributed by atoms with van der Waals surface area (Å²) in [6.07, 6.45) is 0. The first-order valence-electron chi connectivity index (χ1n) is 8.63. The molecule has 0 aromatic heterocycles. The van der Waals surface area contributed by atoms with Gasteiger partial charge in [0, 0.05) is 11.1 Å². The molecule has 0 amide bonds. The lowest BCUT2D eigenvalue weighted by atomic mass is 9.89. The fraction of sp³-hybridized carbons (Fsp3) is 0.0833. The van der Waals surface area contributed by atoms with Gasteiger partial charge in [0.25, 0.3) is 0 Å². The van der Waals surface area contributed by atoms with Gasteiger partial charge in [0.15, 0.2) is 0 Å². The van der Waals surface area contributed by atoms with E-state index >= 15 is 0 Å². The first kappa shape index (κ1) is 16.2. The van der Waals surface area contributed by atoms with E-state index in [9.17, 15) is 9.59 Å². The quantitative estimate of drug-likeness (QED) is 0.356. The summed E-state index contributed by atoms with van der Waals surface area (Å²) in [5.74, 6) is -0.891. The molecule has 0 saturated heterocycles. The van der Waals surface area contributed by atoms with Crippen molar-refractivity contribution in [3.05, 3.63) is 95.1 Å². The SMILES string of the molecule is Cc1ccc2ccccc2c1C(=O)C(=O)c1c(C)ccc2ccccc12. The van der Waals surface area contributed by atoms with Crippen molar-refractivity contribution in [3.8, 4) is 0 Å². The summed E-state index contributed by atoms with van der Waals surface area (Å²) in [7, 11) is 0. The van der Waals surface area contributed by atoms with Crippen molar-refractivity contribution in [2.24, 2.45) is 0 Å². The van der Waals surface area contributed by atoms with Crippen LogP contribution in [-0.4, -0.2) is 11.6 Å². The molecule has 4 aromatic carbocycles. The number of benzene rings is 4. The van der Waals surface area contributed by atoms with Crippen LogP contribution in [0.15, 0.2) is 72.8 Å². The first-order chi connectivity index (χ1) is 12.6. The van der Waals surface area contributed by atoms with Crippen molar-refractivity contribution in [2.75, 3.05) is 0 Å². The largest absolute Gasteiger partial charge is 0.285 e. The van der Waals surface area contributed by atoms with Gasteiger partial charge in [-0.25, -0.2) is 0 Å². The molecule has 0 heterocycles. The molecular formula is C24H18O2. The molecular weight excluding hydrogens is 320 g/mol. The average Bonchev–Trinajstić information content (AvgIpc) is 2.67. The predicted octanol–water partition coefficient (Wildman–Crippen LogP) is 5.68. The van der Waals surface area contributed by atoms with Crippen LogP contribution in [0.5, 0.6) is 0 Å². The van der Waals surface area contributed by atoms with Crippen molar-refractivity contribution >= 4 is 33.1 Å². The molecule has 0 atom stereocenters. The number of ketones is 2. The van der Waals surface area contributed by atoms with Gasteiger partial charge < -0.3 is 0 Å². The minimum atomic E-state index is -0.446. The number of carbonyl (C=O) groups is 2. The molecule has 2 heteroatoms. The second kappa shape index (κ2) is 6.23. The van der Waals surface area contributed by atoms with Crippen LogP contribution in [0.1, 0.15) is 31.8 Å². The monoisotopic (exact) mass is 338 g/mol. The molecule has 126 valence electrons. The molecule has 0 aliphatic heterocycles. The zero-order valence-corrected chi connectivity index (χ0v) is 14.7. The molecule has 4 rings (SSSR count). The Labute approximate surface area is 152 Å². The highest BCUT2D eigenvalue weighted by Crippen LogP contribution is 2.27. The second-order valence-corrected chi connectivity index (χ2v) is 6.62. The normalized spacial score (nSPS) is 11.0. The molecule has 0 radical (unpaired) electrons. The molecule has 4 aromatic rings. The van der Waals surface area contributed by atoms with E-state index < -0.39 is 11.6 Å².